The fraction of sp³-hybridized carbons (Fsp3) is 0.412. The fourth-order valence-corrected chi connectivity index (χ4v) is 2.88. The molecule has 1 atom stereocenters. The molecule has 0 saturated carbocycles. The van der Waals surface area contributed by atoms with E-state index in [0.29, 0.717) is 11.9 Å². The summed E-state index contributed by atoms with van der Waals surface area (Å²) in [6, 6.07) is 6.65. The highest BCUT2D eigenvalue weighted by Gasteiger charge is 2.22. The van der Waals surface area contributed by atoms with Crippen molar-refractivity contribution in [3.8, 4) is 11.1 Å². The van der Waals surface area contributed by atoms with Crippen LogP contribution in [0.15, 0.2) is 30.5 Å². The van der Waals surface area contributed by atoms with Crippen molar-refractivity contribution in [3.05, 3.63) is 42.0 Å². The lowest BCUT2D eigenvalue weighted by molar-refractivity contribution is 0.455. The van der Waals surface area contributed by atoms with Gasteiger partial charge in [-0.15, -0.1) is 0 Å². The summed E-state index contributed by atoms with van der Waals surface area (Å²) in [6.45, 7) is 1.96. The third-order valence-corrected chi connectivity index (χ3v) is 4.02. The molecule has 0 spiro atoms. The van der Waals surface area contributed by atoms with Gasteiger partial charge in [0, 0.05) is 38.3 Å². The van der Waals surface area contributed by atoms with E-state index in [0.717, 1.165) is 42.8 Å². The van der Waals surface area contributed by atoms with E-state index < -0.39 is 0 Å². The molecule has 116 valence electrons. The number of piperidine rings is 1. The summed E-state index contributed by atoms with van der Waals surface area (Å²) in [4.78, 5) is 11.1. The van der Waals surface area contributed by atoms with Crippen molar-refractivity contribution in [2.75, 3.05) is 32.1 Å². The van der Waals surface area contributed by atoms with Gasteiger partial charge in [0.05, 0.1) is 5.69 Å². The van der Waals surface area contributed by atoms with Crippen LogP contribution in [0.3, 0.4) is 0 Å². The molecule has 1 N–H and O–H groups in total. The Hall–Kier alpha value is -2.01. The van der Waals surface area contributed by atoms with Gasteiger partial charge in [-0.05, 0) is 37.1 Å². The maximum Gasteiger partial charge on any atom is 0.225 e. The quantitative estimate of drug-likeness (QED) is 0.946. The minimum atomic E-state index is -0.234. The molecule has 0 amide bonds. The summed E-state index contributed by atoms with van der Waals surface area (Å²) in [7, 11) is 3.86. The second-order valence-corrected chi connectivity index (χ2v) is 5.92. The van der Waals surface area contributed by atoms with Gasteiger partial charge in [-0.2, -0.15) is 0 Å². The summed E-state index contributed by atoms with van der Waals surface area (Å²) in [5.41, 5.74) is 2.78. The molecule has 1 aliphatic rings. The SMILES string of the molecule is CN(C)c1ncc(-c2cccc(F)c2)c(C2CCCNC2)n1. The predicted molar refractivity (Wildman–Crippen MR) is 86.6 cm³/mol. The van der Waals surface area contributed by atoms with Crippen LogP contribution in [0.25, 0.3) is 11.1 Å². The Kier molecular flexibility index (Phi) is 4.34. The van der Waals surface area contributed by atoms with Crippen LogP contribution in [0, 0.1) is 5.82 Å². The molecule has 4 nitrogen and oxygen atoms in total. The van der Waals surface area contributed by atoms with Crippen LogP contribution in [0.4, 0.5) is 10.3 Å². The third-order valence-electron chi connectivity index (χ3n) is 4.02. The summed E-state index contributed by atoms with van der Waals surface area (Å²) < 4.78 is 13.6. The Morgan fingerprint density at radius 3 is 2.86 bits per heavy atom. The highest BCUT2D eigenvalue weighted by molar-refractivity contribution is 5.66. The van der Waals surface area contributed by atoms with Gasteiger partial charge in [-0.25, -0.2) is 14.4 Å². The Balaban J connectivity index is 2.07. The average molecular weight is 300 g/mol. The van der Waals surface area contributed by atoms with E-state index >= 15 is 0 Å². The maximum absolute atomic E-state index is 13.6. The standard InChI is InChI=1S/C17H21FN4/c1-22(2)17-20-11-15(12-5-3-7-14(18)9-12)16(21-17)13-6-4-8-19-10-13/h3,5,7,9,11,13,19H,4,6,8,10H2,1-2H3. The van der Waals surface area contributed by atoms with Gasteiger partial charge >= 0.3 is 0 Å². The van der Waals surface area contributed by atoms with Crippen molar-refractivity contribution in [2.45, 2.75) is 18.8 Å². The van der Waals surface area contributed by atoms with Gasteiger partial charge in [-0.3, -0.25) is 0 Å². The van der Waals surface area contributed by atoms with E-state index in [4.69, 9.17) is 4.98 Å². The van der Waals surface area contributed by atoms with E-state index in [-0.39, 0.29) is 5.82 Å². The van der Waals surface area contributed by atoms with Gasteiger partial charge in [0.1, 0.15) is 5.82 Å². The molecular formula is C17H21FN4. The molecule has 1 aliphatic heterocycles. The summed E-state index contributed by atoms with van der Waals surface area (Å²) in [6.07, 6.45) is 4.05. The van der Waals surface area contributed by atoms with Gasteiger partial charge in [0.2, 0.25) is 5.95 Å². The van der Waals surface area contributed by atoms with Crippen molar-refractivity contribution in [2.24, 2.45) is 0 Å². The van der Waals surface area contributed by atoms with Crippen molar-refractivity contribution < 1.29 is 4.39 Å². The van der Waals surface area contributed by atoms with E-state index in [1.54, 1.807) is 12.1 Å². The highest BCUT2D eigenvalue weighted by atomic mass is 19.1. The first-order valence-electron chi connectivity index (χ1n) is 7.66. The van der Waals surface area contributed by atoms with Gasteiger partial charge in [0.25, 0.3) is 0 Å². The number of hydrogen-bond acceptors (Lipinski definition) is 4. The number of rotatable bonds is 3. The molecule has 0 radical (unpaired) electrons. The molecule has 1 aromatic heterocycles. The number of hydrogen-bond donors (Lipinski definition) is 1. The van der Waals surface area contributed by atoms with Gasteiger partial charge < -0.3 is 10.2 Å². The van der Waals surface area contributed by atoms with Crippen LogP contribution in [-0.4, -0.2) is 37.2 Å². The summed E-state index contributed by atoms with van der Waals surface area (Å²) >= 11 is 0. The Labute approximate surface area is 130 Å². The van der Waals surface area contributed by atoms with Crippen LogP contribution in [0.1, 0.15) is 24.5 Å². The van der Waals surface area contributed by atoms with Crippen LogP contribution >= 0.6 is 0 Å². The van der Waals surface area contributed by atoms with Crippen LogP contribution in [0.2, 0.25) is 0 Å². The molecule has 1 saturated heterocycles. The first-order valence-corrected chi connectivity index (χ1v) is 7.66. The van der Waals surface area contributed by atoms with Crippen molar-refractivity contribution >= 4 is 5.95 Å². The largest absolute Gasteiger partial charge is 0.347 e. The normalized spacial score (nSPS) is 18.2. The van der Waals surface area contributed by atoms with Gasteiger partial charge in [0.15, 0.2) is 0 Å². The fourth-order valence-electron chi connectivity index (χ4n) is 2.88. The smallest absolute Gasteiger partial charge is 0.225 e. The number of nitrogens with one attached hydrogen (secondary N) is 1. The van der Waals surface area contributed by atoms with Crippen molar-refractivity contribution in [1.29, 1.82) is 0 Å². The van der Waals surface area contributed by atoms with Crippen LogP contribution in [-0.2, 0) is 0 Å². The number of halogens is 1. The first kappa shape index (κ1) is 14.9. The molecule has 0 bridgehead atoms. The molecule has 1 unspecified atom stereocenters. The topological polar surface area (TPSA) is 41.1 Å². The Morgan fingerprint density at radius 1 is 1.32 bits per heavy atom. The molecule has 2 aromatic rings. The number of nitrogens with zero attached hydrogens (tertiary/aromatic N) is 3. The highest BCUT2D eigenvalue weighted by Crippen LogP contribution is 2.32. The molecule has 22 heavy (non-hydrogen) atoms. The summed E-state index contributed by atoms with van der Waals surface area (Å²) in [5, 5.41) is 3.42. The number of benzene rings is 1. The van der Waals surface area contributed by atoms with E-state index in [9.17, 15) is 4.39 Å². The molecule has 0 aliphatic carbocycles. The molecular weight excluding hydrogens is 279 g/mol. The Morgan fingerprint density at radius 2 is 2.18 bits per heavy atom. The van der Waals surface area contributed by atoms with Crippen molar-refractivity contribution in [1.82, 2.24) is 15.3 Å². The maximum atomic E-state index is 13.6. The second-order valence-electron chi connectivity index (χ2n) is 5.92. The minimum absolute atomic E-state index is 0.234. The summed E-state index contributed by atoms with van der Waals surface area (Å²) in [5.74, 6) is 0.802. The molecule has 5 heteroatoms. The van der Waals surface area contributed by atoms with E-state index in [1.807, 2.05) is 31.3 Å². The zero-order valence-corrected chi connectivity index (χ0v) is 13.0. The monoisotopic (exact) mass is 300 g/mol. The molecule has 3 rings (SSSR count). The average Bonchev–Trinajstić information content (AvgIpc) is 2.55. The lowest BCUT2D eigenvalue weighted by Crippen LogP contribution is -2.29. The zero-order valence-electron chi connectivity index (χ0n) is 13.0. The zero-order chi connectivity index (χ0) is 15.5. The van der Waals surface area contributed by atoms with Crippen molar-refractivity contribution in [3.63, 3.8) is 0 Å². The molecule has 1 aromatic carbocycles. The second kappa shape index (κ2) is 6.40. The van der Waals surface area contributed by atoms with E-state index in [2.05, 4.69) is 10.3 Å². The molecule has 2 heterocycles. The minimum Gasteiger partial charge on any atom is -0.347 e. The number of aromatic nitrogens is 2. The van der Waals surface area contributed by atoms with Gasteiger partial charge in [-0.1, -0.05) is 12.1 Å². The van der Waals surface area contributed by atoms with E-state index in [1.165, 1.54) is 6.07 Å². The lowest BCUT2D eigenvalue weighted by atomic mass is 9.91. The third kappa shape index (κ3) is 3.09. The Bertz CT molecular complexity index is 651. The molecule has 1 fully saturated rings. The predicted octanol–water partition coefficient (Wildman–Crippen LogP) is 2.82. The van der Waals surface area contributed by atoms with Crippen LogP contribution in [0.5, 0.6) is 0 Å². The lowest BCUT2D eigenvalue weighted by Gasteiger charge is -2.25. The van der Waals surface area contributed by atoms with Crippen LogP contribution < -0.4 is 10.2 Å². The number of anilines is 1. The first-order chi connectivity index (χ1) is 10.6.